The molecular weight excluding hydrogens is 272 g/mol. The third-order valence-corrected chi connectivity index (χ3v) is 4.48. The van der Waals surface area contributed by atoms with E-state index >= 15 is 0 Å². The number of aliphatic hydroxyl groups is 1. The van der Waals surface area contributed by atoms with E-state index in [2.05, 4.69) is 13.8 Å². The monoisotopic (exact) mass is 298 g/mol. The van der Waals surface area contributed by atoms with Crippen molar-refractivity contribution in [2.75, 3.05) is 19.0 Å². The van der Waals surface area contributed by atoms with Crippen LogP contribution in [-0.2, 0) is 0 Å². The van der Waals surface area contributed by atoms with Gasteiger partial charge in [0.15, 0.2) is 11.5 Å². The number of benzene rings is 1. The Hall–Kier alpha value is -0.870. The number of hydrogen-bond donors (Lipinski definition) is 1. The molecular formula is C16H26O3S. The van der Waals surface area contributed by atoms with Gasteiger partial charge in [-0.1, -0.05) is 19.9 Å². The number of thioether (sulfide) groups is 1. The zero-order chi connectivity index (χ0) is 15.0. The lowest BCUT2D eigenvalue weighted by atomic mass is 10.1. The van der Waals surface area contributed by atoms with Crippen LogP contribution in [0.4, 0.5) is 0 Å². The van der Waals surface area contributed by atoms with Gasteiger partial charge in [0.1, 0.15) is 0 Å². The molecule has 2 unspecified atom stereocenters. The summed E-state index contributed by atoms with van der Waals surface area (Å²) >= 11 is 1.79. The summed E-state index contributed by atoms with van der Waals surface area (Å²) in [4.78, 5) is 0. The number of rotatable bonds is 9. The lowest BCUT2D eigenvalue weighted by Gasteiger charge is -2.16. The molecule has 0 aliphatic carbocycles. The van der Waals surface area contributed by atoms with Crippen LogP contribution in [0, 0.1) is 0 Å². The largest absolute Gasteiger partial charge is 0.490 e. The van der Waals surface area contributed by atoms with E-state index in [9.17, 15) is 5.11 Å². The van der Waals surface area contributed by atoms with E-state index in [4.69, 9.17) is 9.47 Å². The normalized spacial score (nSPS) is 13.8. The first-order valence-corrected chi connectivity index (χ1v) is 8.36. The second-order valence-electron chi connectivity index (χ2n) is 4.64. The van der Waals surface area contributed by atoms with Crippen molar-refractivity contribution in [2.45, 2.75) is 45.5 Å². The molecule has 1 aromatic rings. The fraction of sp³-hybridized carbons (Fsp3) is 0.625. The topological polar surface area (TPSA) is 38.7 Å². The van der Waals surface area contributed by atoms with Crippen molar-refractivity contribution >= 4 is 11.8 Å². The van der Waals surface area contributed by atoms with Crippen LogP contribution < -0.4 is 9.47 Å². The van der Waals surface area contributed by atoms with Gasteiger partial charge in [-0.15, -0.1) is 0 Å². The summed E-state index contributed by atoms with van der Waals surface area (Å²) < 4.78 is 11.1. The van der Waals surface area contributed by atoms with Gasteiger partial charge in [-0.3, -0.25) is 0 Å². The van der Waals surface area contributed by atoms with Crippen LogP contribution in [0.25, 0.3) is 0 Å². The van der Waals surface area contributed by atoms with Crippen LogP contribution in [0.3, 0.4) is 0 Å². The zero-order valence-corrected chi connectivity index (χ0v) is 13.7. The lowest BCUT2D eigenvalue weighted by molar-refractivity contribution is 0.202. The van der Waals surface area contributed by atoms with Gasteiger partial charge in [0.25, 0.3) is 0 Å². The summed E-state index contributed by atoms with van der Waals surface area (Å²) in [7, 11) is 0. The lowest BCUT2D eigenvalue weighted by Crippen LogP contribution is -2.06. The van der Waals surface area contributed by atoms with E-state index in [0.717, 1.165) is 17.7 Å². The standard InChI is InChI=1S/C16H26O3S/c1-5-12(4)20-11-14(17)13-8-9-15(18-6-2)16(10-13)19-7-3/h8-10,12,14,17H,5-7,11H2,1-4H3. The first-order chi connectivity index (χ1) is 9.62. The highest BCUT2D eigenvalue weighted by Crippen LogP contribution is 2.32. The summed E-state index contributed by atoms with van der Waals surface area (Å²) in [5, 5.41) is 10.8. The van der Waals surface area contributed by atoms with Gasteiger partial charge in [-0.25, -0.2) is 0 Å². The van der Waals surface area contributed by atoms with Gasteiger partial charge < -0.3 is 14.6 Å². The molecule has 4 heteroatoms. The van der Waals surface area contributed by atoms with E-state index < -0.39 is 6.10 Å². The summed E-state index contributed by atoms with van der Waals surface area (Å²) in [6.45, 7) is 9.42. The van der Waals surface area contributed by atoms with Crippen molar-refractivity contribution in [3.05, 3.63) is 23.8 Å². The van der Waals surface area contributed by atoms with E-state index in [-0.39, 0.29) is 0 Å². The second-order valence-corrected chi connectivity index (χ2v) is 6.11. The van der Waals surface area contributed by atoms with E-state index in [1.54, 1.807) is 11.8 Å². The van der Waals surface area contributed by atoms with E-state index in [0.29, 0.717) is 30.0 Å². The Kier molecular flexibility index (Phi) is 7.85. The van der Waals surface area contributed by atoms with Crippen LogP contribution in [0.1, 0.15) is 45.8 Å². The van der Waals surface area contributed by atoms with Gasteiger partial charge in [-0.05, 0) is 38.0 Å². The minimum atomic E-state index is -0.469. The molecule has 1 N–H and O–H groups in total. The maximum atomic E-state index is 10.3. The van der Waals surface area contributed by atoms with Gasteiger partial charge in [0.05, 0.1) is 19.3 Å². The quantitative estimate of drug-likeness (QED) is 0.746. The van der Waals surface area contributed by atoms with Gasteiger partial charge in [0, 0.05) is 11.0 Å². The Morgan fingerprint density at radius 3 is 2.35 bits per heavy atom. The third kappa shape index (κ3) is 5.25. The minimum Gasteiger partial charge on any atom is -0.490 e. The molecule has 2 atom stereocenters. The molecule has 0 saturated heterocycles. The number of aliphatic hydroxyl groups excluding tert-OH is 1. The molecule has 0 heterocycles. The highest BCUT2D eigenvalue weighted by molar-refractivity contribution is 7.99. The molecule has 0 spiro atoms. The average molecular weight is 298 g/mol. The first-order valence-electron chi connectivity index (χ1n) is 7.31. The Morgan fingerprint density at radius 2 is 1.75 bits per heavy atom. The Labute approximate surface area is 126 Å². The predicted molar refractivity (Wildman–Crippen MR) is 86.0 cm³/mol. The summed E-state index contributed by atoms with van der Waals surface area (Å²) in [6.07, 6.45) is 0.647. The molecule has 114 valence electrons. The molecule has 0 bridgehead atoms. The molecule has 1 aromatic carbocycles. The van der Waals surface area contributed by atoms with Crippen molar-refractivity contribution < 1.29 is 14.6 Å². The number of ether oxygens (including phenoxy) is 2. The maximum absolute atomic E-state index is 10.3. The van der Waals surface area contributed by atoms with Crippen molar-refractivity contribution in [2.24, 2.45) is 0 Å². The molecule has 0 fully saturated rings. The highest BCUT2D eigenvalue weighted by atomic mass is 32.2. The number of hydrogen-bond acceptors (Lipinski definition) is 4. The predicted octanol–water partition coefficient (Wildman–Crippen LogP) is 4.05. The summed E-state index contributed by atoms with van der Waals surface area (Å²) in [5.41, 5.74) is 0.882. The fourth-order valence-electron chi connectivity index (χ4n) is 1.74. The molecule has 0 amide bonds. The zero-order valence-electron chi connectivity index (χ0n) is 12.9. The third-order valence-electron chi connectivity index (χ3n) is 3.07. The van der Waals surface area contributed by atoms with Crippen molar-refractivity contribution in [1.29, 1.82) is 0 Å². The molecule has 0 saturated carbocycles. The van der Waals surface area contributed by atoms with Crippen molar-refractivity contribution in [3.8, 4) is 11.5 Å². The Balaban J connectivity index is 2.76. The SMILES string of the molecule is CCOc1ccc(C(O)CSC(C)CC)cc1OCC. The first kappa shape index (κ1) is 17.2. The van der Waals surface area contributed by atoms with Crippen LogP contribution in [-0.4, -0.2) is 29.3 Å². The minimum absolute atomic E-state index is 0.469. The van der Waals surface area contributed by atoms with Gasteiger partial charge in [-0.2, -0.15) is 11.8 Å². The van der Waals surface area contributed by atoms with E-state index in [1.165, 1.54) is 0 Å². The van der Waals surface area contributed by atoms with Crippen LogP contribution in [0.5, 0.6) is 11.5 Å². The fourth-order valence-corrected chi connectivity index (χ4v) is 2.68. The summed E-state index contributed by atoms with van der Waals surface area (Å²) in [5.74, 6) is 2.15. The Bertz CT molecular complexity index is 395. The van der Waals surface area contributed by atoms with Crippen molar-refractivity contribution in [3.63, 3.8) is 0 Å². The smallest absolute Gasteiger partial charge is 0.161 e. The van der Waals surface area contributed by atoms with Gasteiger partial charge >= 0.3 is 0 Å². The van der Waals surface area contributed by atoms with Gasteiger partial charge in [0.2, 0.25) is 0 Å². The summed E-state index contributed by atoms with van der Waals surface area (Å²) in [6, 6.07) is 5.67. The van der Waals surface area contributed by atoms with Crippen LogP contribution in [0.2, 0.25) is 0 Å². The second kappa shape index (κ2) is 9.14. The highest BCUT2D eigenvalue weighted by Gasteiger charge is 2.13. The average Bonchev–Trinajstić information content (AvgIpc) is 2.46. The molecule has 0 aliphatic heterocycles. The molecule has 0 radical (unpaired) electrons. The van der Waals surface area contributed by atoms with Crippen LogP contribution in [0.15, 0.2) is 18.2 Å². The van der Waals surface area contributed by atoms with Crippen LogP contribution >= 0.6 is 11.8 Å². The van der Waals surface area contributed by atoms with Crippen molar-refractivity contribution in [1.82, 2.24) is 0 Å². The Morgan fingerprint density at radius 1 is 1.10 bits per heavy atom. The molecule has 0 aliphatic rings. The van der Waals surface area contributed by atoms with E-state index in [1.807, 2.05) is 32.0 Å². The molecule has 20 heavy (non-hydrogen) atoms. The molecule has 1 rings (SSSR count). The maximum Gasteiger partial charge on any atom is 0.161 e. The molecule has 3 nitrogen and oxygen atoms in total. The molecule has 0 aromatic heterocycles.